The molecule has 4 aliphatic rings. The van der Waals surface area contributed by atoms with Gasteiger partial charge in [-0.05, 0) is 42.1 Å². The van der Waals surface area contributed by atoms with E-state index in [1.54, 1.807) is 12.5 Å². The zero-order valence-corrected chi connectivity index (χ0v) is 20.5. The summed E-state index contributed by atoms with van der Waals surface area (Å²) in [5.74, 6) is -1.92. The highest BCUT2D eigenvalue weighted by Gasteiger charge is 2.67. The molecule has 184 valence electrons. The number of carbonyl (C=O) groups is 3. The minimum Gasteiger partial charge on any atom is -0.472 e. The third-order valence-electron chi connectivity index (χ3n) is 9.89. The van der Waals surface area contributed by atoms with E-state index in [1.807, 2.05) is 32.9 Å². The van der Waals surface area contributed by atoms with Crippen LogP contribution < -0.4 is 0 Å². The van der Waals surface area contributed by atoms with Gasteiger partial charge in [-0.25, -0.2) is 0 Å². The zero-order valence-electron chi connectivity index (χ0n) is 20.5. The van der Waals surface area contributed by atoms with Gasteiger partial charge in [-0.2, -0.15) is 0 Å². The van der Waals surface area contributed by atoms with E-state index in [0.29, 0.717) is 0 Å². The standard InChI is InChI=1S/C27H34O7/c1-25(2)19(12-20(28)32-5)27(4)17-6-8-26(3)18(15(17)10-16(22(25)30)23(27)31)11-21(29)34-24(26)14-7-9-33-13-14/h7,9-10,13,16-19,22,24,30H,6,8,11-12H2,1-5H3. The van der Waals surface area contributed by atoms with E-state index in [0.717, 1.165) is 24.0 Å². The number of Topliss-reactive ketones (excluding diaryl/α,β-unsaturated/α-hetero) is 1. The molecule has 1 aromatic heterocycles. The second kappa shape index (κ2) is 7.54. The Balaban J connectivity index is 1.63. The number of carbonyl (C=O) groups excluding carboxylic acids is 3. The van der Waals surface area contributed by atoms with E-state index in [4.69, 9.17) is 13.9 Å². The molecule has 8 atom stereocenters. The first-order valence-electron chi connectivity index (χ1n) is 12.2. The fourth-order valence-electron chi connectivity index (χ4n) is 7.95. The summed E-state index contributed by atoms with van der Waals surface area (Å²) in [5, 5.41) is 11.4. The largest absolute Gasteiger partial charge is 0.472 e. The summed E-state index contributed by atoms with van der Waals surface area (Å²) in [6, 6.07) is 1.84. The van der Waals surface area contributed by atoms with Crippen molar-refractivity contribution >= 4 is 17.7 Å². The van der Waals surface area contributed by atoms with Crippen LogP contribution in [0.5, 0.6) is 0 Å². The van der Waals surface area contributed by atoms with Gasteiger partial charge in [0, 0.05) is 22.8 Å². The molecule has 0 aromatic carbocycles. The number of ketones is 1. The molecule has 1 aliphatic heterocycles. The maximum Gasteiger partial charge on any atom is 0.307 e. The van der Waals surface area contributed by atoms with Crippen molar-refractivity contribution in [2.75, 3.05) is 7.11 Å². The topological polar surface area (TPSA) is 103 Å². The summed E-state index contributed by atoms with van der Waals surface area (Å²) in [6.45, 7) is 8.02. The predicted octanol–water partition coefficient (Wildman–Crippen LogP) is 4.01. The van der Waals surface area contributed by atoms with E-state index in [-0.39, 0.29) is 53.7 Å². The second-order valence-corrected chi connectivity index (χ2v) is 11.7. The smallest absolute Gasteiger partial charge is 0.307 e. The van der Waals surface area contributed by atoms with E-state index in [1.165, 1.54) is 7.11 Å². The first kappa shape index (κ1) is 23.3. The van der Waals surface area contributed by atoms with E-state index in [2.05, 4.69) is 6.92 Å². The summed E-state index contributed by atoms with van der Waals surface area (Å²) in [7, 11) is 1.35. The van der Waals surface area contributed by atoms with Crippen molar-refractivity contribution in [2.24, 2.45) is 39.9 Å². The number of methoxy groups -OCH3 is 1. The van der Waals surface area contributed by atoms with Crippen molar-refractivity contribution in [3.05, 3.63) is 35.8 Å². The number of esters is 2. The van der Waals surface area contributed by atoms with Crippen LogP contribution in [0.3, 0.4) is 0 Å². The van der Waals surface area contributed by atoms with E-state index < -0.39 is 29.0 Å². The van der Waals surface area contributed by atoms with Gasteiger partial charge in [0.1, 0.15) is 11.9 Å². The Morgan fingerprint density at radius 1 is 1.21 bits per heavy atom. The van der Waals surface area contributed by atoms with Gasteiger partial charge in [0.05, 0.1) is 38.1 Å². The summed E-state index contributed by atoms with van der Waals surface area (Å²) >= 11 is 0. The number of ether oxygens (including phenoxy) is 2. The molecule has 7 nitrogen and oxygen atoms in total. The quantitative estimate of drug-likeness (QED) is 0.526. The summed E-state index contributed by atoms with van der Waals surface area (Å²) in [6.07, 6.45) is 5.64. The molecule has 0 amide bonds. The van der Waals surface area contributed by atoms with Crippen molar-refractivity contribution in [1.29, 1.82) is 0 Å². The number of aliphatic hydroxyl groups excluding tert-OH is 1. The molecule has 1 saturated heterocycles. The molecular weight excluding hydrogens is 436 g/mol. The number of hydrogen-bond donors (Lipinski definition) is 1. The van der Waals surface area contributed by atoms with Gasteiger partial charge in [0.2, 0.25) is 0 Å². The van der Waals surface area contributed by atoms with Crippen LogP contribution in [0.2, 0.25) is 0 Å². The van der Waals surface area contributed by atoms with Crippen LogP contribution >= 0.6 is 0 Å². The van der Waals surface area contributed by atoms with Crippen molar-refractivity contribution in [3.63, 3.8) is 0 Å². The lowest BCUT2D eigenvalue weighted by Crippen LogP contribution is -2.66. The SMILES string of the molecule is COC(=O)CC1C(C)(C)C(O)C2C=C3C4CC(=O)OC(c5ccoc5)C4(C)CCC3C1(C)C2=O. The molecule has 8 unspecified atom stereocenters. The molecule has 1 aromatic rings. The number of furan rings is 1. The molecule has 0 radical (unpaired) electrons. The van der Waals surface area contributed by atoms with Gasteiger partial charge < -0.3 is 19.0 Å². The molecule has 2 saturated carbocycles. The van der Waals surface area contributed by atoms with Crippen molar-refractivity contribution in [2.45, 2.75) is 65.6 Å². The highest BCUT2D eigenvalue weighted by molar-refractivity contribution is 5.93. The van der Waals surface area contributed by atoms with Crippen LogP contribution in [0.25, 0.3) is 0 Å². The number of aliphatic hydroxyl groups is 1. The van der Waals surface area contributed by atoms with Crippen LogP contribution in [-0.4, -0.2) is 36.0 Å². The van der Waals surface area contributed by atoms with Crippen LogP contribution in [-0.2, 0) is 23.9 Å². The van der Waals surface area contributed by atoms with Gasteiger partial charge in [0.25, 0.3) is 0 Å². The van der Waals surface area contributed by atoms with Crippen LogP contribution in [0, 0.1) is 39.9 Å². The second-order valence-electron chi connectivity index (χ2n) is 11.7. The lowest BCUT2D eigenvalue weighted by Gasteiger charge is -2.63. The Morgan fingerprint density at radius 2 is 1.94 bits per heavy atom. The molecular formula is C27H34O7. The number of fused-ring (bicyclic) bond motifs is 6. The molecule has 34 heavy (non-hydrogen) atoms. The highest BCUT2D eigenvalue weighted by Crippen LogP contribution is 2.67. The van der Waals surface area contributed by atoms with Crippen molar-refractivity contribution < 1.29 is 33.4 Å². The Labute approximate surface area is 199 Å². The maximum absolute atomic E-state index is 13.9. The summed E-state index contributed by atoms with van der Waals surface area (Å²) in [5.41, 5.74) is 0.0518. The lowest BCUT2D eigenvalue weighted by molar-refractivity contribution is -0.189. The van der Waals surface area contributed by atoms with Crippen molar-refractivity contribution in [1.82, 2.24) is 0 Å². The Morgan fingerprint density at radius 3 is 2.59 bits per heavy atom. The first-order valence-corrected chi connectivity index (χ1v) is 12.2. The number of rotatable bonds is 3. The minimum atomic E-state index is -0.926. The third-order valence-corrected chi connectivity index (χ3v) is 9.89. The van der Waals surface area contributed by atoms with Gasteiger partial charge >= 0.3 is 11.9 Å². The lowest BCUT2D eigenvalue weighted by atomic mass is 9.40. The van der Waals surface area contributed by atoms with E-state index >= 15 is 0 Å². The molecule has 5 rings (SSSR count). The van der Waals surface area contributed by atoms with Gasteiger partial charge in [-0.3, -0.25) is 14.4 Å². The average molecular weight is 471 g/mol. The normalized spacial score (nSPS) is 42.7. The number of cyclic esters (lactones) is 1. The Hall–Kier alpha value is -2.41. The fourth-order valence-corrected chi connectivity index (χ4v) is 7.95. The van der Waals surface area contributed by atoms with Gasteiger partial charge in [-0.15, -0.1) is 0 Å². The van der Waals surface area contributed by atoms with Crippen LogP contribution in [0.1, 0.15) is 65.0 Å². The fraction of sp³-hybridized carbons (Fsp3) is 0.667. The molecule has 1 N–H and O–H groups in total. The molecule has 3 fully saturated rings. The molecule has 2 heterocycles. The van der Waals surface area contributed by atoms with E-state index in [9.17, 15) is 19.5 Å². The molecule has 0 spiro atoms. The van der Waals surface area contributed by atoms with Gasteiger partial charge in [-0.1, -0.05) is 39.3 Å². The summed E-state index contributed by atoms with van der Waals surface area (Å²) < 4.78 is 16.1. The van der Waals surface area contributed by atoms with Crippen LogP contribution in [0.4, 0.5) is 0 Å². The predicted molar refractivity (Wildman–Crippen MR) is 121 cm³/mol. The molecule has 2 bridgehead atoms. The van der Waals surface area contributed by atoms with Gasteiger partial charge in [0.15, 0.2) is 0 Å². The first-order chi connectivity index (χ1) is 16.0. The summed E-state index contributed by atoms with van der Waals surface area (Å²) in [4.78, 5) is 39.1. The Kier molecular flexibility index (Phi) is 5.18. The average Bonchev–Trinajstić information content (AvgIpc) is 3.32. The highest BCUT2D eigenvalue weighted by atomic mass is 16.5. The Bertz CT molecular complexity index is 1050. The zero-order chi connectivity index (χ0) is 24.6. The third kappa shape index (κ3) is 2.95. The van der Waals surface area contributed by atoms with Crippen molar-refractivity contribution in [3.8, 4) is 0 Å². The monoisotopic (exact) mass is 470 g/mol. The molecule has 3 aliphatic carbocycles. The molecule has 7 heteroatoms. The minimum absolute atomic E-state index is 0.00430. The van der Waals surface area contributed by atoms with Crippen LogP contribution in [0.15, 0.2) is 34.7 Å². The number of allylic oxidation sites excluding steroid dienone is 1. The number of hydrogen-bond acceptors (Lipinski definition) is 7. The maximum atomic E-state index is 13.9.